The van der Waals surface area contributed by atoms with Crippen LogP contribution in [0.1, 0.15) is 24.2 Å². The summed E-state index contributed by atoms with van der Waals surface area (Å²) in [6.07, 6.45) is 5.20. The Balaban J connectivity index is 3.06. The molecule has 1 aromatic rings. The standard InChI is InChI=1S/C12H11FN2O3/c1-4-12(2,3)14-11(16)8-5-6-9(13)10(7-8)15(17)18/h1,5-7H,2-3H3,(H,14,16). The molecule has 1 rings (SSSR count). The maximum atomic E-state index is 13.1. The molecule has 0 atom stereocenters. The third-order valence-electron chi connectivity index (χ3n) is 2.19. The molecule has 18 heavy (non-hydrogen) atoms. The highest BCUT2D eigenvalue weighted by atomic mass is 19.1. The van der Waals surface area contributed by atoms with E-state index in [0.717, 1.165) is 18.2 Å². The van der Waals surface area contributed by atoms with Crippen molar-refractivity contribution < 1.29 is 14.1 Å². The lowest BCUT2D eigenvalue weighted by Gasteiger charge is -2.19. The van der Waals surface area contributed by atoms with Gasteiger partial charge in [-0.05, 0) is 26.0 Å². The SMILES string of the molecule is C#CC(C)(C)NC(=O)c1ccc(F)c([N+](=O)[O-])c1. The fourth-order valence-corrected chi connectivity index (χ4v) is 1.19. The molecule has 5 nitrogen and oxygen atoms in total. The van der Waals surface area contributed by atoms with Crippen molar-refractivity contribution in [2.45, 2.75) is 19.4 Å². The van der Waals surface area contributed by atoms with Crippen molar-refractivity contribution in [3.63, 3.8) is 0 Å². The van der Waals surface area contributed by atoms with E-state index in [0.29, 0.717) is 0 Å². The molecule has 1 aromatic carbocycles. The summed E-state index contributed by atoms with van der Waals surface area (Å²) in [5.74, 6) is 0.762. The molecule has 0 aliphatic carbocycles. The zero-order valence-corrected chi connectivity index (χ0v) is 9.86. The third-order valence-corrected chi connectivity index (χ3v) is 2.19. The first-order valence-electron chi connectivity index (χ1n) is 5.01. The average Bonchev–Trinajstić information content (AvgIpc) is 2.28. The second-order valence-electron chi connectivity index (χ2n) is 4.15. The van der Waals surface area contributed by atoms with E-state index >= 15 is 0 Å². The lowest BCUT2D eigenvalue weighted by Crippen LogP contribution is -2.42. The van der Waals surface area contributed by atoms with Gasteiger partial charge in [0, 0.05) is 11.6 Å². The maximum absolute atomic E-state index is 13.1. The number of nitro groups is 1. The van der Waals surface area contributed by atoms with Crippen molar-refractivity contribution in [2.24, 2.45) is 0 Å². The van der Waals surface area contributed by atoms with Gasteiger partial charge in [0.15, 0.2) is 0 Å². The molecule has 0 aliphatic rings. The molecule has 0 saturated heterocycles. The number of rotatable bonds is 3. The number of hydrogen-bond acceptors (Lipinski definition) is 3. The predicted octanol–water partition coefficient (Wildman–Crippen LogP) is 1.88. The van der Waals surface area contributed by atoms with Crippen LogP contribution in [0.2, 0.25) is 0 Å². The minimum absolute atomic E-state index is 0.0218. The number of hydrogen-bond donors (Lipinski definition) is 1. The number of halogens is 1. The number of nitrogens with one attached hydrogen (secondary N) is 1. The molecule has 0 aromatic heterocycles. The van der Waals surface area contributed by atoms with Crippen LogP contribution < -0.4 is 5.32 Å². The van der Waals surface area contributed by atoms with E-state index in [9.17, 15) is 19.3 Å². The molecule has 0 unspecified atom stereocenters. The van der Waals surface area contributed by atoms with Crippen LogP contribution in [-0.2, 0) is 0 Å². The molecule has 0 heterocycles. The van der Waals surface area contributed by atoms with Crippen LogP contribution in [0.25, 0.3) is 0 Å². The van der Waals surface area contributed by atoms with Crippen molar-refractivity contribution in [1.82, 2.24) is 5.32 Å². The summed E-state index contributed by atoms with van der Waals surface area (Å²) in [7, 11) is 0. The zero-order valence-electron chi connectivity index (χ0n) is 9.86. The monoisotopic (exact) mass is 250 g/mol. The van der Waals surface area contributed by atoms with Gasteiger partial charge in [0.1, 0.15) is 0 Å². The summed E-state index contributed by atoms with van der Waals surface area (Å²) in [6, 6.07) is 2.90. The normalized spacial score (nSPS) is 10.6. The minimum atomic E-state index is -0.993. The Morgan fingerprint density at radius 3 is 2.67 bits per heavy atom. The first-order chi connectivity index (χ1) is 8.26. The first-order valence-corrected chi connectivity index (χ1v) is 5.01. The number of benzene rings is 1. The van der Waals surface area contributed by atoms with E-state index in [2.05, 4.69) is 11.2 Å². The van der Waals surface area contributed by atoms with Crippen LogP contribution in [-0.4, -0.2) is 16.4 Å². The summed E-state index contributed by atoms with van der Waals surface area (Å²) < 4.78 is 13.1. The number of terminal acetylenes is 1. The van der Waals surface area contributed by atoms with Gasteiger partial charge in [-0.3, -0.25) is 14.9 Å². The zero-order chi connectivity index (χ0) is 13.9. The van der Waals surface area contributed by atoms with Gasteiger partial charge in [0.2, 0.25) is 5.82 Å². The second-order valence-corrected chi connectivity index (χ2v) is 4.15. The summed E-state index contributed by atoms with van der Waals surface area (Å²) in [4.78, 5) is 21.4. The molecule has 0 spiro atoms. The van der Waals surface area contributed by atoms with Crippen LogP contribution in [0.4, 0.5) is 10.1 Å². The molecule has 94 valence electrons. The van der Waals surface area contributed by atoms with Gasteiger partial charge in [0.05, 0.1) is 10.5 Å². The van der Waals surface area contributed by atoms with E-state index in [1.54, 1.807) is 13.8 Å². The Morgan fingerprint density at radius 1 is 1.56 bits per heavy atom. The Morgan fingerprint density at radius 2 is 2.17 bits per heavy atom. The molecular weight excluding hydrogens is 239 g/mol. The Bertz CT molecular complexity index is 547. The molecular formula is C12H11FN2O3. The largest absolute Gasteiger partial charge is 0.336 e. The highest BCUT2D eigenvalue weighted by Crippen LogP contribution is 2.18. The van der Waals surface area contributed by atoms with E-state index in [4.69, 9.17) is 6.42 Å². The van der Waals surface area contributed by atoms with Gasteiger partial charge in [-0.15, -0.1) is 6.42 Å². The van der Waals surface area contributed by atoms with E-state index in [1.807, 2.05) is 0 Å². The number of amides is 1. The van der Waals surface area contributed by atoms with Gasteiger partial charge >= 0.3 is 5.69 Å². The first kappa shape index (κ1) is 13.6. The topological polar surface area (TPSA) is 72.2 Å². The van der Waals surface area contributed by atoms with Crippen LogP contribution in [0.3, 0.4) is 0 Å². The van der Waals surface area contributed by atoms with Crippen molar-refractivity contribution >= 4 is 11.6 Å². The molecule has 1 amide bonds. The average molecular weight is 250 g/mol. The van der Waals surface area contributed by atoms with Gasteiger partial charge in [-0.2, -0.15) is 4.39 Å². The van der Waals surface area contributed by atoms with Crippen LogP contribution in [0.5, 0.6) is 0 Å². The quantitative estimate of drug-likeness (QED) is 0.505. The molecule has 6 heteroatoms. The van der Waals surface area contributed by atoms with E-state index < -0.39 is 27.9 Å². The lowest BCUT2D eigenvalue weighted by atomic mass is 10.1. The van der Waals surface area contributed by atoms with Crippen LogP contribution in [0.15, 0.2) is 18.2 Å². The van der Waals surface area contributed by atoms with E-state index in [-0.39, 0.29) is 5.56 Å². The second kappa shape index (κ2) is 4.84. The van der Waals surface area contributed by atoms with Crippen LogP contribution in [0, 0.1) is 28.3 Å². The van der Waals surface area contributed by atoms with Gasteiger partial charge in [0.25, 0.3) is 5.91 Å². The summed E-state index contributed by atoms with van der Waals surface area (Å²) >= 11 is 0. The number of carbonyl (C=O) groups excluding carboxylic acids is 1. The smallest absolute Gasteiger partial charge is 0.305 e. The van der Waals surface area contributed by atoms with Crippen LogP contribution >= 0.6 is 0 Å². The molecule has 1 N–H and O–H groups in total. The fourth-order valence-electron chi connectivity index (χ4n) is 1.19. The van der Waals surface area contributed by atoms with Crippen molar-refractivity contribution in [3.05, 3.63) is 39.7 Å². The van der Waals surface area contributed by atoms with Gasteiger partial charge < -0.3 is 5.32 Å². The Hall–Kier alpha value is -2.42. The molecule has 0 saturated carbocycles. The summed E-state index contributed by atoms with van der Waals surface area (Å²) in [5.41, 5.74) is -1.66. The molecule has 0 fully saturated rings. The Labute approximate surface area is 103 Å². The van der Waals surface area contributed by atoms with Gasteiger partial charge in [-0.25, -0.2) is 0 Å². The number of carbonyl (C=O) groups is 1. The lowest BCUT2D eigenvalue weighted by molar-refractivity contribution is -0.387. The van der Waals surface area contributed by atoms with Crippen molar-refractivity contribution in [1.29, 1.82) is 0 Å². The number of nitrogens with zero attached hydrogens (tertiary/aromatic N) is 1. The molecule has 0 aliphatic heterocycles. The minimum Gasteiger partial charge on any atom is -0.336 e. The summed E-state index contributed by atoms with van der Waals surface area (Å²) in [6.45, 7) is 3.20. The van der Waals surface area contributed by atoms with Crippen molar-refractivity contribution in [3.8, 4) is 12.3 Å². The summed E-state index contributed by atoms with van der Waals surface area (Å²) in [5, 5.41) is 13.0. The fraction of sp³-hybridized carbons (Fsp3) is 0.250. The van der Waals surface area contributed by atoms with Gasteiger partial charge in [-0.1, -0.05) is 5.92 Å². The number of nitro benzene ring substituents is 1. The predicted molar refractivity (Wildman–Crippen MR) is 63.4 cm³/mol. The Kier molecular flexibility index (Phi) is 3.67. The highest BCUT2D eigenvalue weighted by Gasteiger charge is 2.21. The van der Waals surface area contributed by atoms with E-state index in [1.165, 1.54) is 0 Å². The third kappa shape index (κ3) is 3.04. The van der Waals surface area contributed by atoms with Crippen molar-refractivity contribution in [2.75, 3.05) is 0 Å². The molecule has 0 radical (unpaired) electrons. The molecule has 0 bridgehead atoms. The highest BCUT2D eigenvalue weighted by molar-refractivity contribution is 5.95. The maximum Gasteiger partial charge on any atom is 0.305 e.